The van der Waals surface area contributed by atoms with Gasteiger partial charge in [-0.1, -0.05) is 0 Å². The lowest BCUT2D eigenvalue weighted by atomic mass is 10.4. The van der Waals surface area contributed by atoms with Crippen LogP contribution in [0.2, 0.25) is 0 Å². The molecular formula is C10H17N3S2. The van der Waals surface area contributed by atoms with Crippen LogP contribution in [-0.2, 0) is 0 Å². The molecule has 2 aliphatic rings. The van der Waals surface area contributed by atoms with Crippen molar-refractivity contribution in [2.24, 2.45) is 0 Å². The van der Waals surface area contributed by atoms with Gasteiger partial charge in [0.05, 0.1) is 0 Å². The Kier molecular flexibility index (Phi) is 3.75. The molecule has 0 unspecified atom stereocenters. The first-order valence-corrected chi connectivity index (χ1v) is 6.44. The van der Waals surface area contributed by atoms with E-state index in [2.05, 4.69) is 15.1 Å². The zero-order chi connectivity index (χ0) is 10.7. The van der Waals surface area contributed by atoms with Crippen LogP contribution in [0.3, 0.4) is 0 Å². The van der Waals surface area contributed by atoms with Gasteiger partial charge in [-0.2, -0.15) is 0 Å². The summed E-state index contributed by atoms with van der Waals surface area (Å²) in [5.41, 5.74) is 0. The van der Waals surface area contributed by atoms with E-state index in [-0.39, 0.29) is 0 Å². The molecular weight excluding hydrogens is 226 g/mol. The van der Waals surface area contributed by atoms with Crippen LogP contribution in [0.25, 0.3) is 0 Å². The van der Waals surface area contributed by atoms with Gasteiger partial charge in [0.2, 0.25) is 0 Å². The molecule has 0 aromatic rings. The fourth-order valence-corrected chi connectivity index (χ4v) is 2.71. The summed E-state index contributed by atoms with van der Waals surface area (Å²) in [6.45, 7) is 4.31. The first kappa shape index (κ1) is 11.1. The van der Waals surface area contributed by atoms with Crippen LogP contribution < -0.4 is 5.32 Å². The first-order chi connectivity index (χ1) is 7.27. The van der Waals surface area contributed by atoms with Gasteiger partial charge in [-0.3, -0.25) is 0 Å². The minimum Gasteiger partial charge on any atom is -0.349 e. The second-order valence-corrected chi connectivity index (χ2v) is 4.90. The minimum atomic E-state index is 0.810. The second kappa shape index (κ2) is 5.07. The SMILES string of the molecule is S=C(NC(=S)N1CCCC1)N1CCCC1. The van der Waals surface area contributed by atoms with E-state index >= 15 is 0 Å². The van der Waals surface area contributed by atoms with E-state index in [0.29, 0.717) is 0 Å². The van der Waals surface area contributed by atoms with Crippen molar-refractivity contribution in [3.8, 4) is 0 Å². The van der Waals surface area contributed by atoms with Gasteiger partial charge < -0.3 is 15.1 Å². The van der Waals surface area contributed by atoms with Crippen LogP contribution in [0.5, 0.6) is 0 Å². The Morgan fingerprint density at radius 2 is 1.07 bits per heavy atom. The molecule has 2 fully saturated rings. The Morgan fingerprint density at radius 1 is 0.733 bits per heavy atom. The third-order valence-corrected chi connectivity index (χ3v) is 3.72. The van der Waals surface area contributed by atoms with E-state index in [4.69, 9.17) is 24.4 Å². The Balaban J connectivity index is 1.79. The molecule has 0 aromatic carbocycles. The average molecular weight is 243 g/mol. The zero-order valence-corrected chi connectivity index (χ0v) is 10.5. The Morgan fingerprint density at radius 3 is 1.40 bits per heavy atom. The maximum absolute atomic E-state index is 5.33. The van der Waals surface area contributed by atoms with Crippen LogP contribution in [-0.4, -0.2) is 46.2 Å². The summed E-state index contributed by atoms with van der Waals surface area (Å²) in [6.07, 6.45) is 4.99. The van der Waals surface area contributed by atoms with Gasteiger partial charge in [-0.15, -0.1) is 0 Å². The van der Waals surface area contributed by atoms with Gasteiger partial charge in [-0.25, -0.2) is 0 Å². The number of nitrogens with one attached hydrogen (secondary N) is 1. The van der Waals surface area contributed by atoms with E-state index in [0.717, 1.165) is 36.4 Å². The monoisotopic (exact) mass is 243 g/mol. The summed E-state index contributed by atoms with van der Waals surface area (Å²) in [4.78, 5) is 4.41. The Bertz CT molecular complexity index is 229. The second-order valence-electron chi connectivity index (χ2n) is 4.12. The fraction of sp³-hybridized carbons (Fsp3) is 0.800. The summed E-state index contributed by atoms with van der Waals surface area (Å²) in [7, 11) is 0. The molecule has 2 rings (SSSR count). The molecule has 2 heterocycles. The fourth-order valence-electron chi connectivity index (χ4n) is 2.09. The molecule has 0 atom stereocenters. The van der Waals surface area contributed by atoms with E-state index in [1.807, 2.05) is 0 Å². The van der Waals surface area contributed by atoms with Gasteiger partial charge in [0.1, 0.15) is 0 Å². The zero-order valence-electron chi connectivity index (χ0n) is 8.87. The number of likely N-dealkylation sites (tertiary alicyclic amines) is 2. The van der Waals surface area contributed by atoms with Gasteiger partial charge in [0, 0.05) is 26.2 Å². The van der Waals surface area contributed by atoms with Crippen LogP contribution in [0.15, 0.2) is 0 Å². The smallest absolute Gasteiger partial charge is 0.175 e. The van der Waals surface area contributed by atoms with Crippen molar-refractivity contribution in [2.45, 2.75) is 25.7 Å². The van der Waals surface area contributed by atoms with Crippen molar-refractivity contribution in [1.82, 2.24) is 15.1 Å². The maximum Gasteiger partial charge on any atom is 0.175 e. The van der Waals surface area contributed by atoms with Gasteiger partial charge in [0.25, 0.3) is 0 Å². The summed E-state index contributed by atoms with van der Waals surface area (Å²) in [5, 5.41) is 4.80. The molecule has 15 heavy (non-hydrogen) atoms. The number of thiocarbonyl (C=S) groups is 2. The van der Waals surface area contributed by atoms with Crippen molar-refractivity contribution >= 4 is 34.7 Å². The van der Waals surface area contributed by atoms with E-state index in [1.165, 1.54) is 25.7 Å². The molecule has 0 bridgehead atoms. The molecule has 0 saturated carbocycles. The average Bonchev–Trinajstić information content (AvgIpc) is 2.91. The third-order valence-electron chi connectivity index (χ3n) is 3.00. The van der Waals surface area contributed by atoms with E-state index in [1.54, 1.807) is 0 Å². The molecule has 2 aliphatic heterocycles. The topological polar surface area (TPSA) is 18.5 Å². The quantitative estimate of drug-likeness (QED) is 0.645. The largest absolute Gasteiger partial charge is 0.349 e. The summed E-state index contributed by atoms with van der Waals surface area (Å²) in [5.74, 6) is 0. The van der Waals surface area contributed by atoms with Crippen molar-refractivity contribution in [1.29, 1.82) is 0 Å². The molecule has 0 spiro atoms. The molecule has 2 saturated heterocycles. The predicted molar refractivity (Wildman–Crippen MR) is 69.9 cm³/mol. The minimum absolute atomic E-state index is 0.810. The highest BCUT2D eigenvalue weighted by Crippen LogP contribution is 2.10. The molecule has 0 aromatic heterocycles. The third kappa shape index (κ3) is 2.78. The van der Waals surface area contributed by atoms with Crippen molar-refractivity contribution in [3.63, 3.8) is 0 Å². The number of rotatable bonds is 0. The highest BCUT2D eigenvalue weighted by Gasteiger charge is 2.19. The van der Waals surface area contributed by atoms with Crippen molar-refractivity contribution in [3.05, 3.63) is 0 Å². The molecule has 5 heteroatoms. The maximum atomic E-state index is 5.33. The number of nitrogens with zero attached hydrogens (tertiary/aromatic N) is 2. The Labute approximate surface area is 102 Å². The van der Waals surface area contributed by atoms with Crippen LogP contribution in [0.1, 0.15) is 25.7 Å². The molecule has 84 valence electrons. The lowest BCUT2D eigenvalue weighted by Crippen LogP contribution is -2.46. The predicted octanol–water partition coefficient (Wildman–Crippen LogP) is 1.34. The molecule has 0 aliphatic carbocycles. The molecule has 3 nitrogen and oxygen atoms in total. The summed E-state index contributed by atoms with van der Waals surface area (Å²) < 4.78 is 0. The van der Waals surface area contributed by atoms with E-state index in [9.17, 15) is 0 Å². The molecule has 0 amide bonds. The first-order valence-electron chi connectivity index (χ1n) is 5.62. The Hall–Kier alpha value is -0.420. The van der Waals surface area contributed by atoms with Gasteiger partial charge >= 0.3 is 0 Å². The van der Waals surface area contributed by atoms with Crippen molar-refractivity contribution in [2.75, 3.05) is 26.2 Å². The van der Waals surface area contributed by atoms with E-state index < -0.39 is 0 Å². The summed E-state index contributed by atoms with van der Waals surface area (Å²) in [6, 6.07) is 0. The lowest BCUT2D eigenvalue weighted by Gasteiger charge is -2.24. The van der Waals surface area contributed by atoms with Crippen LogP contribution in [0.4, 0.5) is 0 Å². The van der Waals surface area contributed by atoms with Crippen LogP contribution >= 0.6 is 24.4 Å². The highest BCUT2D eigenvalue weighted by molar-refractivity contribution is 7.81. The lowest BCUT2D eigenvalue weighted by molar-refractivity contribution is 0.495. The van der Waals surface area contributed by atoms with Crippen molar-refractivity contribution < 1.29 is 0 Å². The van der Waals surface area contributed by atoms with Crippen LogP contribution in [0, 0.1) is 0 Å². The molecule has 1 N–H and O–H groups in total. The standard InChI is InChI=1S/C10H17N3S2/c14-9(12-5-1-2-6-12)11-10(15)13-7-3-4-8-13/h1-8H2,(H,11,14,15). The van der Waals surface area contributed by atoms with Gasteiger partial charge in [-0.05, 0) is 50.1 Å². The molecule has 0 radical (unpaired) electrons. The normalized spacial score (nSPS) is 20.8. The highest BCUT2D eigenvalue weighted by atomic mass is 32.1. The number of hydrogen-bond donors (Lipinski definition) is 1. The summed E-state index contributed by atoms with van der Waals surface area (Å²) >= 11 is 10.7. The number of hydrogen-bond acceptors (Lipinski definition) is 2. The van der Waals surface area contributed by atoms with Gasteiger partial charge in [0.15, 0.2) is 10.2 Å².